The molecule has 0 nitrogen and oxygen atoms in total. The lowest BCUT2D eigenvalue weighted by atomic mass is 10.1. The highest BCUT2D eigenvalue weighted by atomic mass is 32.2. The van der Waals surface area contributed by atoms with E-state index in [1.807, 2.05) is 11.8 Å². The van der Waals surface area contributed by atoms with Gasteiger partial charge in [0, 0.05) is 15.0 Å². The van der Waals surface area contributed by atoms with E-state index in [9.17, 15) is 0 Å². The van der Waals surface area contributed by atoms with E-state index in [1.165, 1.54) is 20.9 Å². The molecule has 16 heavy (non-hydrogen) atoms. The maximum atomic E-state index is 2.31. The van der Waals surface area contributed by atoms with Gasteiger partial charge in [-0.25, -0.2) is 0 Å². The first-order valence-corrected chi connectivity index (χ1v) is 7.24. The Balaban J connectivity index is 2.36. The molecule has 2 rings (SSSR count). The van der Waals surface area contributed by atoms with E-state index in [2.05, 4.69) is 56.5 Å². The maximum absolute atomic E-state index is 2.31. The second kappa shape index (κ2) is 5.07. The molecule has 1 aromatic heterocycles. The van der Waals surface area contributed by atoms with E-state index in [1.54, 1.807) is 11.3 Å². The van der Waals surface area contributed by atoms with Crippen molar-refractivity contribution in [1.29, 1.82) is 0 Å². The third-order valence-electron chi connectivity index (χ3n) is 2.36. The zero-order valence-electron chi connectivity index (χ0n) is 9.86. The van der Waals surface area contributed by atoms with Crippen molar-refractivity contribution in [3.63, 3.8) is 0 Å². The fourth-order valence-electron chi connectivity index (χ4n) is 1.58. The normalized spacial score (nSPS) is 11.0. The van der Waals surface area contributed by atoms with Crippen molar-refractivity contribution in [3.05, 3.63) is 41.3 Å². The van der Waals surface area contributed by atoms with Gasteiger partial charge in [-0.2, -0.15) is 0 Å². The van der Waals surface area contributed by atoms with Crippen LogP contribution in [0.4, 0.5) is 0 Å². The minimum atomic E-state index is 0.636. The second-order valence-electron chi connectivity index (χ2n) is 4.12. The van der Waals surface area contributed by atoms with Gasteiger partial charge in [-0.05, 0) is 35.6 Å². The van der Waals surface area contributed by atoms with Crippen LogP contribution < -0.4 is 0 Å². The number of rotatable bonds is 3. The van der Waals surface area contributed by atoms with Gasteiger partial charge in [-0.15, -0.1) is 23.1 Å². The lowest BCUT2D eigenvalue weighted by Gasteiger charge is -2.10. The Labute approximate surface area is 106 Å². The standard InChI is InChI=1S/C14H16S2/c1-10(2)16-14-9-12(7-6-11(14)3)13-5-4-8-15-13/h4-10H,1-3H3. The van der Waals surface area contributed by atoms with Crippen LogP contribution in [0.25, 0.3) is 10.4 Å². The average Bonchev–Trinajstić information content (AvgIpc) is 2.73. The molecule has 0 fully saturated rings. The Morgan fingerprint density at radius 3 is 2.62 bits per heavy atom. The lowest BCUT2D eigenvalue weighted by molar-refractivity contribution is 1.10. The molecule has 1 aromatic carbocycles. The molecule has 1 heterocycles. The van der Waals surface area contributed by atoms with E-state index in [-0.39, 0.29) is 0 Å². The van der Waals surface area contributed by atoms with Gasteiger partial charge in [0.2, 0.25) is 0 Å². The van der Waals surface area contributed by atoms with E-state index in [4.69, 9.17) is 0 Å². The van der Waals surface area contributed by atoms with Gasteiger partial charge in [0.25, 0.3) is 0 Å². The molecule has 0 radical (unpaired) electrons. The largest absolute Gasteiger partial charge is 0.144 e. The molecule has 0 atom stereocenters. The number of thiophene rings is 1. The maximum Gasteiger partial charge on any atom is 0.0343 e. The second-order valence-corrected chi connectivity index (χ2v) is 6.69. The van der Waals surface area contributed by atoms with Crippen LogP contribution in [0.1, 0.15) is 19.4 Å². The summed E-state index contributed by atoms with van der Waals surface area (Å²) in [6, 6.07) is 11.0. The first-order chi connectivity index (χ1) is 7.66. The van der Waals surface area contributed by atoms with Gasteiger partial charge < -0.3 is 0 Å². The van der Waals surface area contributed by atoms with Crippen molar-refractivity contribution >= 4 is 23.1 Å². The topological polar surface area (TPSA) is 0 Å². The molecule has 0 saturated heterocycles. The fourth-order valence-corrected chi connectivity index (χ4v) is 3.26. The Morgan fingerprint density at radius 2 is 2.00 bits per heavy atom. The van der Waals surface area contributed by atoms with Crippen molar-refractivity contribution in [1.82, 2.24) is 0 Å². The van der Waals surface area contributed by atoms with Crippen LogP contribution in [0.3, 0.4) is 0 Å². The number of hydrogen-bond acceptors (Lipinski definition) is 2. The van der Waals surface area contributed by atoms with Gasteiger partial charge >= 0.3 is 0 Å². The van der Waals surface area contributed by atoms with Crippen LogP contribution in [0.5, 0.6) is 0 Å². The summed E-state index contributed by atoms with van der Waals surface area (Å²) >= 11 is 3.74. The molecule has 0 unspecified atom stereocenters. The smallest absolute Gasteiger partial charge is 0.0343 e. The van der Waals surface area contributed by atoms with Crippen molar-refractivity contribution in [2.75, 3.05) is 0 Å². The zero-order chi connectivity index (χ0) is 11.5. The minimum absolute atomic E-state index is 0.636. The summed E-state index contributed by atoms with van der Waals surface area (Å²) in [5, 5.41) is 2.77. The van der Waals surface area contributed by atoms with Gasteiger partial charge in [-0.3, -0.25) is 0 Å². The summed E-state index contributed by atoms with van der Waals surface area (Å²) in [6.07, 6.45) is 0. The van der Waals surface area contributed by atoms with Crippen molar-refractivity contribution < 1.29 is 0 Å². The minimum Gasteiger partial charge on any atom is -0.144 e. The Bertz CT molecular complexity index is 456. The molecule has 0 aliphatic heterocycles. The van der Waals surface area contributed by atoms with Gasteiger partial charge in [0.1, 0.15) is 0 Å². The van der Waals surface area contributed by atoms with E-state index in [0.29, 0.717) is 5.25 Å². The molecule has 0 aliphatic carbocycles. The Kier molecular flexibility index (Phi) is 3.72. The summed E-state index contributed by atoms with van der Waals surface area (Å²) in [4.78, 5) is 2.76. The molecule has 0 saturated carbocycles. The highest BCUT2D eigenvalue weighted by Crippen LogP contribution is 2.32. The summed E-state index contributed by atoms with van der Waals surface area (Å²) in [5.74, 6) is 0. The molecule has 2 aromatic rings. The monoisotopic (exact) mass is 248 g/mol. The molecule has 0 spiro atoms. The Morgan fingerprint density at radius 1 is 1.19 bits per heavy atom. The fraction of sp³-hybridized carbons (Fsp3) is 0.286. The van der Waals surface area contributed by atoms with Crippen LogP contribution in [0, 0.1) is 6.92 Å². The number of benzene rings is 1. The van der Waals surface area contributed by atoms with Gasteiger partial charge in [0.05, 0.1) is 0 Å². The molecule has 0 amide bonds. The van der Waals surface area contributed by atoms with Crippen LogP contribution in [0.2, 0.25) is 0 Å². The predicted molar refractivity (Wildman–Crippen MR) is 75.5 cm³/mol. The van der Waals surface area contributed by atoms with Crippen LogP contribution in [-0.4, -0.2) is 5.25 Å². The average molecular weight is 248 g/mol. The summed E-state index contributed by atoms with van der Waals surface area (Å²) in [6.45, 7) is 6.66. The van der Waals surface area contributed by atoms with Crippen molar-refractivity contribution in [3.8, 4) is 10.4 Å². The molecule has 0 aliphatic rings. The quantitative estimate of drug-likeness (QED) is 0.671. The van der Waals surface area contributed by atoms with Crippen LogP contribution >= 0.6 is 23.1 Å². The predicted octanol–water partition coefficient (Wildman–Crippen LogP) is 5.22. The number of aryl methyl sites for hydroxylation is 1. The highest BCUT2D eigenvalue weighted by Gasteiger charge is 2.05. The highest BCUT2D eigenvalue weighted by molar-refractivity contribution is 8.00. The first kappa shape index (κ1) is 11.7. The van der Waals surface area contributed by atoms with Crippen molar-refractivity contribution in [2.45, 2.75) is 30.9 Å². The van der Waals surface area contributed by atoms with Gasteiger partial charge in [-0.1, -0.05) is 32.0 Å². The lowest BCUT2D eigenvalue weighted by Crippen LogP contribution is -1.89. The molecule has 0 N–H and O–H groups in total. The van der Waals surface area contributed by atoms with E-state index in [0.717, 1.165) is 0 Å². The molecule has 2 heteroatoms. The van der Waals surface area contributed by atoms with E-state index < -0.39 is 0 Å². The molecular formula is C14H16S2. The summed E-state index contributed by atoms with van der Waals surface area (Å²) < 4.78 is 0. The Hall–Kier alpha value is -0.730. The zero-order valence-corrected chi connectivity index (χ0v) is 11.5. The van der Waals surface area contributed by atoms with Crippen molar-refractivity contribution in [2.24, 2.45) is 0 Å². The molecular weight excluding hydrogens is 232 g/mol. The SMILES string of the molecule is Cc1ccc(-c2cccs2)cc1SC(C)C. The summed E-state index contributed by atoms with van der Waals surface area (Å²) in [7, 11) is 0. The van der Waals surface area contributed by atoms with Crippen LogP contribution in [-0.2, 0) is 0 Å². The summed E-state index contributed by atoms with van der Waals surface area (Å²) in [5.41, 5.74) is 2.71. The number of hydrogen-bond donors (Lipinski definition) is 0. The molecule has 0 bridgehead atoms. The van der Waals surface area contributed by atoms with E-state index >= 15 is 0 Å². The number of thioether (sulfide) groups is 1. The van der Waals surface area contributed by atoms with Gasteiger partial charge in [0.15, 0.2) is 0 Å². The molecule has 84 valence electrons. The first-order valence-electron chi connectivity index (χ1n) is 5.48. The van der Waals surface area contributed by atoms with Crippen LogP contribution in [0.15, 0.2) is 40.6 Å². The third-order valence-corrected chi connectivity index (χ3v) is 4.44. The third kappa shape index (κ3) is 2.69.